The summed E-state index contributed by atoms with van der Waals surface area (Å²) in [7, 11) is 0. The molecule has 3 amide bonds. The van der Waals surface area contributed by atoms with Gasteiger partial charge in [0.25, 0.3) is 0 Å². The van der Waals surface area contributed by atoms with Gasteiger partial charge in [-0.1, -0.05) is 37.3 Å². The van der Waals surface area contributed by atoms with Crippen LogP contribution >= 0.6 is 0 Å². The van der Waals surface area contributed by atoms with Gasteiger partial charge in [0.2, 0.25) is 17.7 Å². The Hall–Kier alpha value is -3.35. The maximum absolute atomic E-state index is 12.8. The highest BCUT2D eigenvalue weighted by atomic mass is 16.5. The highest BCUT2D eigenvalue weighted by Crippen LogP contribution is 2.31. The summed E-state index contributed by atoms with van der Waals surface area (Å²) in [6.07, 6.45) is 0.886. The van der Waals surface area contributed by atoms with E-state index in [2.05, 4.69) is 5.32 Å². The van der Waals surface area contributed by atoms with Gasteiger partial charge in [-0.2, -0.15) is 0 Å². The van der Waals surface area contributed by atoms with Crippen LogP contribution in [0.5, 0.6) is 5.75 Å². The number of ether oxygens (including phenoxy) is 1. The molecule has 0 aromatic heterocycles. The topological polar surface area (TPSA) is 79.0 Å². The third-order valence-electron chi connectivity index (χ3n) is 5.18. The van der Waals surface area contributed by atoms with Crippen LogP contribution in [-0.4, -0.2) is 48.9 Å². The fourth-order valence-corrected chi connectivity index (χ4v) is 3.57. The number of amides is 3. The summed E-state index contributed by atoms with van der Waals surface area (Å²) in [6.45, 7) is 5.19. The number of anilines is 2. The number of carbonyl (C=O) groups excluding carboxylic acids is 3. The number of hydrogen-bond acceptors (Lipinski definition) is 4. The molecule has 0 saturated carbocycles. The Morgan fingerprint density at radius 1 is 1.06 bits per heavy atom. The second-order valence-electron chi connectivity index (χ2n) is 7.54. The number of nitrogens with one attached hydrogen (secondary N) is 1. The lowest BCUT2D eigenvalue weighted by Crippen LogP contribution is -2.41. The number of para-hydroxylation sites is 3. The maximum atomic E-state index is 12.8. The fraction of sp³-hybridized carbons (Fsp3) is 0.375. The summed E-state index contributed by atoms with van der Waals surface area (Å²) in [5, 5.41) is 2.86. The zero-order valence-electron chi connectivity index (χ0n) is 18.1. The van der Waals surface area contributed by atoms with Crippen LogP contribution in [0.1, 0.15) is 31.7 Å². The molecule has 1 heterocycles. The zero-order chi connectivity index (χ0) is 22.2. The van der Waals surface area contributed by atoms with Crippen molar-refractivity contribution in [2.24, 2.45) is 0 Å². The predicted molar refractivity (Wildman–Crippen MR) is 120 cm³/mol. The molecule has 0 fully saturated rings. The lowest BCUT2D eigenvalue weighted by atomic mass is 10.2. The first kappa shape index (κ1) is 22.3. The van der Waals surface area contributed by atoms with Gasteiger partial charge >= 0.3 is 0 Å². The van der Waals surface area contributed by atoms with Gasteiger partial charge < -0.3 is 19.9 Å². The molecule has 31 heavy (non-hydrogen) atoms. The van der Waals surface area contributed by atoms with E-state index in [1.807, 2.05) is 62.4 Å². The Labute approximate surface area is 183 Å². The lowest BCUT2D eigenvalue weighted by molar-refractivity contribution is -0.135. The van der Waals surface area contributed by atoms with E-state index >= 15 is 0 Å². The number of rotatable bonds is 8. The molecule has 0 spiro atoms. The van der Waals surface area contributed by atoms with Crippen molar-refractivity contribution in [3.05, 3.63) is 54.1 Å². The van der Waals surface area contributed by atoms with Crippen molar-refractivity contribution in [1.82, 2.24) is 4.90 Å². The number of hydrogen-bond donors (Lipinski definition) is 1. The largest absolute Gasteiger partial charge is 0.490 e. The minimum atomic E-state index is -0.246. The summed E-state index contributed by atoms with van der Waals surface area (Å²) in [6, 6.07) is 14.9. The SMILES string of the molecule is CCCN(CC(=O)Nc1ccccc1C)C(=O)CCC(=O)N1CCOc2ccccc21. The number of aryl methyl sites for hydroxylation is 1. The fourth-order valence-electron chi connectivity index (χ4n) is 3.57. The molecule has 3 rings (SSSR count). The van der Waals surface area contributed by atoms with Gasteiger partial charge in [0, 0.05) is 25.1 Å². The van der Waals surface area contributed by atoms with E-state index in [0.717, 1.165) is 23.4 Å². The van der Waals surface area contributed by atoms with Gasteiger partial charge in [0.05, 0.1) is 18.8 Å². The van der Waals surface area contributed by atoms with Crippen LogP contribution in [0.25, 0.3) is 0 Å². The summed E-state index contributed by atoms with van der Waals surface area (Å²) in [4.78, 5) is 41.2. The standard InChI is InChI=1S/C24H29N3O4/c1-3-14-26(17-22(28)25-19-9-5-4-8-18(19)2)23(29)12-13-24(30)27-15-16-31-21-11-7-6-10-20(21)27/h4-11H,3,12-17H2,1-2H3,(H,25,28). The first-order chi connectivity index (χ1) is 15.0. The van der Waals surface area contributed by atoms with Crippen molar-refractivity contribution in [3.8, 4) is 5.75 Å². The van der Waals surface area contributed by atoms with Crippen LogP contribution in [0.2, 0.25) is 0 Å². The van der Waals surface area contributed by atoms with Crippen LogP contribution in [0, 0.1) is 6.92 Å². The second-order valence-corrected chi connectivity index (χ2v) is 7.54. The van der Waals surface area contributed by atoms with Crippen LogP contribution < -0.4 is 15.0 Å². The van der Waals surface area contributed by atoms with Gasteiger partial charge in [-0.3, -0.25) is 14.4 Å². The highest BCUT2D eigenvalue weighted by molar-refractivity contribution is 5.98. The normalized spacial score (nSPS) is 12.5. The molecule has 0 saturated heterocycles. The Bertz CT molecular complexity index is 944. The maximum Gasteiger partial charge on any atom is 0.244 e. The molecule has 164 valence electrons. The smallest absolute Gasteiger partial charge is 0.244 e. The predicted octanol–water partition coefficient (Wildman–Crippen LogP) is 3.38. The second kappa shape index (κ2) is 10.6. The van der Waals surface area contributed by atoms with E-state index in [0.29, 0.717) is 25.4 Å². The molecule has 2 aromatic carbocycles. The van der Waals surface area contributed by atoms with Crippen molar-refractivity contribution in [2.75, 3.05) is 36.5 Å². The molecule has 2 aromatic rings. The average molecular weight is 424 g/mol. The molecule has 0 bridgehead atoms. The Morgan fingerprint density at radius 2 is 1.81 bits per heavy atom. The van der Waals surface area contributed by atoms with E-state index < -0.39 is 0 Å². The van der Waals surface area contributed by atoms with E-state index in [-0.39, 0.29) is 37.1 Å². The molecule has 0 radical (unpaired) electrons. The first-order valence-electron chi connectivity index (χ1n) is 10.6. The number of fused-ring (bicyclic) bond motifs is 1. The quantitative estimate of drug-likeness (QED) is 0.706. The highest BCUT2D eigenvalue weighted by Gasteiger charge is 2.25. The minimum absolute atomic E-state index is 0.0322. The van der Waals surface area contributed by atoms with Crippen LogP contribution in [0.4, 0.5) is 11.4 Å². The summed E-state index contributed by atoms with van der Waals surface area (Å²) in [5.74, 6) is 0.111. The van der Waals surface area contributed by atoms with Crippen molar-refractivity contribution in [2.45, 2.75) is 33.1 Å². The van der Waals surface area contributed by atoms with Gasteiger partial charge in [-0.05, 0) is 37.1 Å². The third-order valence-corrected chi connectivity index (χ3v) is 5.18. The van der Waals surface area contributed by atoms with Gasteiger partial charge in [-0.25, -0.2) is 0 Å². The molecule has 0 unspecified atom stereocenters. The van der Waals surface area contributed by atoms with Gasteiger partial charge in [0.1, 0.15) is 12.4 Å². The zero-order valence-corrected chi connectivity index (χ0v) is 18.1. The van der Waals surface area contributed by atoms with Gasteiger partial charge in [-0.15, -0.1) is 0 Å². The van der Waals surface area contributed by atoms with E-state index in [1.54, 1.807) is 4.90 Å². The third kappa shape index (κ3) is 5.84. The lowest BCUT2D eigenvalue weighted by Gasteiger charge is -2.29. The number of nitrogens with zero attached hydrogens (tertiary/aromatic N) is 2. The van der Waals surface area contributed by atoms with E-state index in [9.17, 15) is 14.4 Å². The summed E-state index contributed by atoms with van der Waals surface area (Å²) < 4.78 is 5.59. The Balaban J connectivity index is 1.56. The summed E-state index contributed by atoms with van der Waals surface area (Å²) >= 11 is 0. The Kier molecular flexibility index (Phi) is 7.65. The molecule has 1 N–H and O–H groups in total. The van der Waals surface area contributed by atoms with Crippen LogP contribution in [0.15, 0.2) is 48.5 Å². The summed E-state index contributed by atoms with van der Waals surface area (Å²) in [5.41, 5.74) is 2.42. The molecule has 7 nitrogen and oxygen atoms in total. The first-order valence-corrected chi connectivity index (χ1v) is 10.6. The molecule has 1 aliphatic heterocycles. The molecule has 7 heteroatoms. The molecular weight excluding hydrogens is 394 g/mol. The molecule has 0 aliphatic carbocycles. The van der Waals surface area contributed by atoms with Gasteiger partial charge in [0.15, 0.2) is 0 Å². The van der Waals surface area contributed by atoms with E-state index in [4.69, 9.17) is 4.74 Å². The minimum Gasteiger partial charge on any atom is -0.490 e. The van der Waals surface area contributed by atoms with E-state index in [1.165, 1.54) is 4.90 Å². The van der Waals surface area contributed by atoms with Crippen molar-refractivity contribution < 1.29 is 19.1 Å². The molecule has 0 atom stereocenters. The van der Waals surface area contributed by atoms with Crippen molar-refractivity contribution in [3.63, 3.8) is 0 Å². The molecular formula is C24H29N3O4. The molecule has 1 aliphatic rings. The monoisotopic (exact) mass is 423 g/mol. The average Bonchev–Trinajstić information content (AvgIpc) is 2.78. The van der Waals surface area contributed by atoms with Crippen LogP contribution in [0.3, 0.4) is 0 Å². The van der Waals surface area contributed by atoms with Crippen LogP contribution in [-0.2, 0) is 14.4 Å². The van der Waals surface area contributed by atoms with Crippen molar-refractivity contribution in [1.29, 1.82) is 0 Å². The van der Waals surface area contributed by atoms with Crippen molar-refractivity contribution >= 4 is 29.1 Å². The number of benzene rings is 2. The number of carbonyl (C=O) groups is 3. The Morgan fingerprint density at radius 3 is 2.58 bits per heavy atom.